The van der Waals surface area contributed by atoms with Crippen LogP contribution in [0.4, 0.5) is 5.95 Å². The number of amides is 1. The summed E-state index contributed by atoms with van der Waals surface area (Å²) in [5.41, 5.74) is 2.43. The first kappa shape index (κ1) is 14.0. The number of anilines is 1. The molecule has 0 aliphatic rings. The zero-order chi connectivity index (χ0) is 15.5. The maximum Gasteiger partial charge on any atom is 0.261 e. The van der Waals surface area contributed by atoms with E-state index in [1.54, 1.807) is 22.7 Å². The lowest BCUT2D eigenvalue weighted by molar-refractivity contribution is 0.102. The molecule has 1 N–H and O–H groups in total. The van der Waals surface area contributed by atoms with Crippen LogP contribution in [0.2, 0.25) is 0 Å². The number of rotatable bonds is 4. The Morgan fingerprint density at radius 1 is 1.27 bits per heavy atom. The van der Waals surface area contributed by atoms with Crippen LogP contribution in [0.15, 0.2) is 42.9 Å². The smallest absolute Gasteiger partial charge is 0.261 e. The van der Waals surface area contributed by atoms with Crippen molar-refractivity contribution in [2.24, 2.45) is 7.05 Å². The number of benzene rings is 1. The quantitative estimate of drug-likeness (QED) is 0.793. The standard InChI is InChI=1S/C15H16N6O/c1-11-13(8-17-20(11)2)14(22)18-15-16-10-21(19-15)9-12-6-4-3-5-7-12/h3-8,10H,9H2,1-2H3,(H,18,19,22). The molecule has 0 aliphatic heterocycles. The highest BCUT2D eigenvalue weighted by atomic mass is 16.1. The first-order valence-corrected chi connectivity index (χ1v) is 6.87. The number of hydrogen-bond donors (Lipinski definition) is 1. The van der Waals surface area contributed by atoms with Gasteiger partial charge in [-0.1, -0.05) is 30.3 Å². The third kappa shape index (κ3) is 2.88. The third-order valence-corrected chi connectivity index (χ3v) is 3.43. The van der Waals surface area contributed by atoms with E-state index in [0.29, 0.717) is 12.1 Å². The molecule has 7 nitrogen and oxygen atoms in total. The number of aromatic nitrogens is 5. The molecule has 2 heterocycles. The molecule has 0 unspecified atom stereocenters. The van der Waals surface area contributed by atoms with Crippen LogP contribution < -0.4 is 5.32 Å². The van der Waals surface area contributed by atoms with Crippen LogP contribution in [0, 0.1) is 6.92 Å². The third-order valence-electron chi connectivity index (χ3n) is 3.43. The Morgan fingerprint density at radius 2 is 2.05 bits per heavy atom. The van der Waals surface area contributed by atoms with Crippen LogP contribution >= 0.6 is 0 Å². The highest BCUT2D eigenvalue weighted by Gasteiger charge is 2.14. The Labute approximate surface area is 127 Å². The van der Waals surface area contributed by atoms with Gasteiger partial charge in [0.15, 0.2) is 0 Å². The summed E-state index contributed by atoms with van der Waals surface area (Å²) in [6.07, 6.45) is 3.13. The van der Waals surface area contributed by atoms with Crippen LogP contribution in [0.3, 0.4) is 0 Å². The zero-order valence-electron chi connectivity index (χ0n) is 12.4. The van der Waals surface area contributed by atoms with E-state index in [4.69, 9.17) is 0 Å². The van der Waals surface area contributed by atoms with E-state index >= 15 is 0 Å². The highest BCUT2D eigenvalue weighted by molar-refractivity contribution is 6.03. The van der Waals surface area contributed by atoms with E-state index < -0.39 is 0 Å². The summed E-state index contributed by atoms with van der Waals surface area (Å²) in [6, 6.07) is 9.94. The fourth-order valence-corrected chi connectivity index (χ4v) is 2.09. The van der Waals surface area contributed by atoms with Crippen molar-refractivity contribution in [3.63, 3.8) is 0 Å². The van der Waals surface area contributed by atoms with Crippen LogP contribution in [-0.4, -0.2) is 30.5 Å². The molecule has 0 radical (unpaired) electrons. The van der Waals surface area contributed by atoms with E-state index in [-0.39, 0.29) is 11.9 Å². The number of aryl methyl sites for hydroxylation is 1. The molecule has 0 atom stereocenters. The first-order valence-electron chi connectivity index (χ1n) is 6.87. The summed E-state index contributed by atoms with van der Waals surface area (Å²) in [7, 11) is 1.79. The van der Waals surface area contributed by atoms with Gasteiger partial charge in [-0.3, -0.25) is 14.8 Å². The summed E-state index contributed by atoms with van der Waals surface area (Å²) in [6.45, 7) is 2.44. The second kappa shape index (κ2) is 5.80. The van der Waals surface area contributed by atoms with Gasteiger partial charge in [-0.25, -0.2) is 9.67 Å². The predicted molar refractivity (Wildman–Crippen MR) is 81.5 cm³/mol. The van der Waals surface area contributed by atoms with Crippen molar-refractivity contribution in [2.45, 2.75) is 13.5 Å². The van der Waals surface area contributed by atoms with Crippen molar-refractivity contribution >= 4 is 11.9 Å². The molecule has 0 saturated carbocycles. The van der Waals surface area contributed by atoms with Gasteiger partial charge in [0.05, 0.1) is 18.3 Å². The Balaban J connectivity index is 1.69. The van der Waals surface area contributed by atoms with Crippen LogP contribution in [0.5, 0.6) is 0 Å². The van der Waals surface area contributed by atoms with Gasteiger partial charge in [-0.15, -0.1) is 5.10 Å². The molecule has 3 rings (SSSR count). The lowest BCUT2D eigenvalue weighted by Crippen LogP contribution is -2.14. The van der Waals surface area contributed by atoms with Gasteiger partial charge in [0.2, 0.25) is 5.95 Å². The SMILES string of the molecule is Cc1c(C(=O)Nc2ncn(Cc3ccccc3)n2)cnn1C. The molecule has 112 valence electrons. The molecule has 0 bridgehead atoms. The Bertz CT molecular complexity index is 789. The van der Waals surface area contributed by atoms with E-state index in [2.05, 4.69) is 20.5 Å². The topological polar surface area (TPSA) is 77.6 Å². The van der Waals surface area contributed by atoms with E-state index in [1.165, 1.54) is 6.20 Å². The second-order valence-corrected chi connectivity index (χ2v) is 4.97. The Kier molecular flexibility index (Phi) is 3.69. The molecule has 0 saturated heterocycles. The maximum absolute atomic E-state index is 12.2. The zero-order valence-corrected chi connectivity index (χ0v) is 12.4. The van der Waals surface area contributed by atoms with Gasteiger partial charge in [0, 0.05) is 12.7 Å². The van der Waals surface area contributed by atoms with Crippen molar-refractivity contribution in [1.29, 1.82) is 0 Å². The van der Waals surface area contributed by atoms with Crippen molar-refractivity contribution in [3.8, 4) is 0 Å². The van der Waals surface area contributed by atoms with E-state index in [1.807, 2.05) is 37.3 Å². The summed E-state index contributed by atoms with van der Waals surface area (Å²) >= 11 is 0. The summed E-state index contributed by atoms with van der Waals surface area (Å²) in [5.74, 6) is 0.0206. The minimum Gasteiger partial charge on any atom is -0.289 e. The molecular formula is C15H16N6O. The summed E-state index contributed by atoms with van der Waals surface area (Å²) in [4.78, 5) is 16.3. The summed E-state index contributed by atoms with van der Waals surface area (Å²) < 4.78 is 3.33. The monoisotopic (exact) mass is 296 g/mol. The lowest BCUT2D eigenvalue weighted by atomic mass is 10.2. The Hall–Kier alpha value is -2.96. The largest absolute Gasteiger partial charge is 0.289 e. The maximum atomic E-state index is 12.2. The normalized spacial score (nSPS) is 10.6. The van der Waals surface area contributed by atoms with Gasteiger partial charge in [-0.05, 0) is 12.5 Å². The van der Waals surface area contributed by atoms with Crippen LogP contribution in [0.25, 0.3) is 0 Å². The minimum absolute atomic E-state index is 0.261. The first-order chi connectivity index (χ1) is 10.6. The number of nitrogens with one attached hydrogen (secondary N) is 1. The van der Waals surface area contributed by atoms with Crippen LogP contribution in [0.1, 0.15) is 21.6 Å². The minimum atomic E-state index is -0.261. The molecule has 0 spiro atoms. The molecule has 0 aliphatic carbocycles. The molecule has 2 aromatic heterocycles. The average Bonchev–Trinajstić information content (AvgIpc) is 3.08. The molecule has 0 fully saturated rings. The number of carbonyl (C=O) groups excluding carboxylic acids is 1. The molecule has 22 heavy (non-hydrogen) atoms. The van der Waals surface area contributed by atoms with Crippen molar-refractivity contribution in [1.82, 2.24) is 24.5 Å². The van der Waals surface area contributed by atoms with Gasteiger partial charge >= 0.3 is 0 Å². The van der Waals surface area contributed by atoms with Crippen molar-refractivity contribution in [2.75, 3.05) is 5.32 Å². The Morgan fingerprint density at radius 3 is 2.73 bits per heavy atom. The predicted octanol–water partition coefficient (Wildman–Crippen LogP) is 1.62. The summed E-state index contributed by atoms with van der Waals surface area (Å²) in [5, 5.41) is 11.0. The highest BCUT2D eigenvalue weighted by Crippen LogP contribution is 2.09. The van der Waals surface area contributed by atoms with Crippen molar-refractivity contribution in [3.05, 3.63) is 59.7 Å². The lowest BCUT2D eigenvalue weighted by Gasteiger charge is -2.01. The van der Waals surface area contributed by atoms with Gasteiger partial charge in [0.25, 0.3) is 5.91 Å². The fourth-order valence-electron chi connectivity index (χ4n) is 2.09. The van der Waals surface area contributed by atoms with E-state index in [0.717, 1.165) is 11.3 Å². The molecule has 3 aromatic rings. The average molecular weight is 296 g/mol. The van der Waals surface area contributed by atoms with Crippen LogP contribution in [-0.2, 0) is 13.6 Å². The second-order valence-electron chi connectivity index (χ2n) is 4.97. The van der Waals surface area contributed by atoms with Crippen molar-refractivity contribution < 1.29 is 4.79 Å². The number of nitrogens with zero attached hydrogens (tertiary/aromatic N) is 5. The van der Waals surface area contributed by atoms with Gasteiger partial charge < -0.3 is 0 Å². The van der Waals surface area contributed by atoms with E-state index in [9.17, 15) is 4.79 Å². The van der Waals surface area contributed by atoms with Gasteiger partial charge in [0.1, 0.15) is 6.33 Å². The molecule has 7 heteroatoms. The molecule has 1 amide bonds. The number of carbonyl (C=O) groups is 1. The fraction of sp³-hybridized carbons (Fsp3) is 0.200. The van der Waals surface area contributed by atoms with Gasteiger partial charge in [-0.2, -0.15) is 5.10 Å². The molecular weight excluding hydrogens is 280 g/mol. The molecule has 1 aromatic carbocycles. The number of hydrogen-bond acceptors (Lipinski definition) is 4.